The van der Waals surface area contributed by atoms with Crippen LogP contribution in [0.4, 0.5) is 13.2 Å². The average molecular weight is 172 g/mol. The van der Waals surface area contributed by atoms with Gasteiger partial charge in [-0.05, 0) is 0 Å². The Morgan fingerprint density at radius 2 is 1.77 bits per heavy atom. The first-order chi connectivity index (χ1) is 5.08. The smallest absolute Gasteiger partial charge is 0.363 e. The molecule has 0 aliphatic heterocycles. The van der Waals surface area contributed by atoms with Crippen molar-refractivity contribution >= 4 is 0 Å². The Balaban J connectivity index is 0. The fourth-order valence-corrected chi connectivity index (χ4v) is 0.673. The molecule has 0 saturated carbocycles. The molecular weight excluding hydrogens is 167 g/mol. The van der Waals surface area contributed by atoms with Gasteiger partial charge in [-0.3, -0.25) is 6.07 Å². The van der Waals surface area contributed by atoms with Crippen LogP contribution in [0.15, 0.2) is 24.3 Å². The van der Waals surface area contributed by atoms with Crippen LogP contribution in [0.1, 0.15) is 5.56 Å². The molecule has 0 saturated heterocycles. The van der Waals surface area contributed by atoms with Gasteiger partial charge in [0.25, 0.3) is 0 Å². The summed E-state index contributed by atoms with van der Waals surface area (Å²) < 4.78 is 35.0. The van der Waals surface area contributed by atoms with Gasteiger partial charge in [0.2, 0.25) is 0 Å². The van der Waals surface area contributed by atoms with Gasteiger partial charge in [0.1, 0.15) is 0 Å². The van der Waals surface area contributed by atoms with Crippen molar-refractivity contribution in [1.82, 2.24) is 0 Å². The van der Waals surface area contributed by atoms with Gasteiger partial charge in [-0.25, -0.2) is 0 Å². The van der Waals surface area contributed by atoms with E-state index in [4.69, 9.17) is 0 Å². The van der Waals surface area contributed by atoms with Gasteiger partial charge in [-0.1, -0.05) is 0 Å². The van der Waals surface area contributed by atoms with Crippen molar-refractivity contribution in [3.8, 4) is 0 Å². The van der Waals surface area contributed by atoms with E-state index >= 15 is 0 Å². The number of hydrogen-bond donors (Lipinski definition) is 0. The van der Waals surface area contributed by atoms with Gasteiger partial charge >= 0.3 is 43.9 Å². The van der Waals surface area contributed by atoms with Crippen LogP contribution in [-0.4, -0.2) is 6.18 Å². The van der Waals surface area contributed by atoms with Crippen LogP contribution in [0.3, 0.4) is 0 Å². The summed E-state index contributed by atoms with van der Waals surface area (Å²) >= 11 is 0. The second kappa shape index (κ2) is 6.52. The third-order valence-corrected chi connectivity index (χ3v) is 1.05. The summed E-state index contributed by atoms with van der Waals surface area (Å²) in [5.41, 5.74) is 0.0556. The van der Waals surface area contributed by atoms with Crippen LogP contribution in [0, 0.1) is 12.5 Å². The Bertz CT molecular complexity index is 221. The van der Waals surface area contributed by atoms with Crippen molar-refractivity contribution < 1.29 is 50.9 Å². The Kier molecular flexibility index (Phi) is 7.79. The second-order valence-corrected chi connectivity index (χ2v) is 2.00. The molecule has 0 fully saturated rings. The molecule has 13 heavy (non-hydrogen) atoms. The number of alkyl halides is 3. The molecule has 0 aliphatic carbocycles. The Hall–Kier alpha value is 0.0748. The molecule has 5 heteroatoms. The molecule has 0 atom stereocenters. The molecule has 0 N–H and O–H groups in total. The van der Waals surface area contributed by atoms with Crippen molar-refractivity contribution in [3.05, 3.63) is 42.3 Å². The van der Waals surface area contributed by atoms with Gasteiger partial charge in [0.05, 0.1) is 0 Å². The van der Waals surface area contributed by atoms with Crippen LogP contribution < -0.4 is 37.7 Å². The zero-order chi connectivity index (χ0) is 8.32. The maximum Gasteiger partial charge on any atom is 1.00 e. The number of rotatable bonds is 1. The Morgan fingerprint density at radius 1 is 1.15 bits per heavy atom. The van der Waals surface area contributed by atoms with E-state index in [2.05, 4.69) is 6.07 Å². The molecule has 0 amide bonds. The minimum atomic E-state index is -4.25. The van der Waals surface area contributed by atoms with Crippen molar-refractivity contribution in [1.29, 1.82) is 0 Å². The van der Waals surface area contributed by atoms with Gasteiger partial charge in [-0.2, -0.15) is 31.7 Å². The summed E-state index contributed by atoms with van der Waals surface area (Å²) in [6.45, 7) is 0. The van der Waals surface area contributed by atoms with Crippen molar-refractivity contribution in [2.75, 3.05) is 0 Å². The first kappa shape index (κ1) is 15.5. The van der Waals surface area contributed by atoms with Crippen molar-refractivity contribution in [2.45, 2.75) is 6.18 Å². The molecule has 0 bridgehead atoms. The van der Waals surface area contributed by atoms with Crippen LogP contribution in [0.5, 0.6) is 0 Å². The van der Waals surface area contributed by atoms with E-state index in [0.29, 0.717) is 0 Å². The standard InChI is InChI=1S/C8H5F3.2Li/c9-8(10,11)6-7-4-2-1-3-5-7;;/h1-4,6H;;/q-2;2*+1. The van der Waals surface area contributed by atoms with Crippen molar-refractivity contribution in [3.63, 3.8) is 0 Å². The number of hydrogen-bond acceptors (Lipinski definition) is 0. The van der Waals surface area contributed by atoms with Crippen LogP contribution >= 0.6 is 0 Å². The first-order valence-corrected chi connectivity index (χ1v) is 2.97. The first-order valence-electron chi connectivity index (χ1n) is 2.97. The molecule has 0 aliphatic rings. The van der Waals surface area contributed by atoms with E-state index in [1.807, 2.05) is 0 Å². The van der Waals surface area contributed by atoms with E-state index in [9.17, 15) is 13.2 Å². The summed E-state index contributed by atoms with van der Waals surface area (Å²) in [7, 11) is 0. The summed E-state index contributed by atoms with van der Waals surface area (Å²) in [6.07, 6.45) is -4.04. The summed E-state index contributed by atoms with van der Waals surface area (Å²) in [4.78, 5) is 0. The monoisotopic (exact) mass is 172 g/mol. The third kappa shape index (κ3) is 7.17. The molecule has 1 aromatic carbocycles. The molecule has 0 unspecified atom stereocenters. The van der Waals surface area contributed by atoms with Crippen LogP contribution in [0.25, 0.3) is 0 Å². The summed E-state index contributed by atoms with van der Waals surface area (Å²) in [5, 5.41) is 0. The third-order valence-electron chi connectivity index (χ3n) is 1.05. The van der Waals surface area contributed by atoms with Crippen LogP contribution in [-0.2, 0) is 0 Å². The van der Waals surface area contributed by atoms with Gasteiger partial charge in [0.15, 0.2) is 0 Å². The summed E-state index contributed by atoms with van der Waals surface area (Å²) in [5.74, 6) is 0. The maximum atomic E-state index is 11.7. The minimum Gasteiger partial charge on any atom is -0.363 e. The molecule has 0 heterocycles. The normalized spacial score (nSPS) is 9.46. The molecule has 0 spiro atoms. The zero-order valence-electron chi connectivity index (χ0n) is 7.52. The predicted octanol–water partition coefficient (Wildman–Crippen LogP) is -3.39. The van der Waals surface area contributed by atoms with E-state index in [1.165, 1.54) is 18.2 Å². The predicted molar refractivity (Wildman–Crippen MR) is 34.7 cm³/mol. The fraction of sp³-hybridized carbons (Fsp3) is 0.125. The Morgan fingerprint density at radius 3 is 2.15 bits per heavy atom. The molecule has 0 nitrogen and oxygen atoms in total. The maximum absolute atomic E-state index is 11.7. The molecule has 0 radical (unpaired) electrons. The number of benzene rings is 1. The van der Waals surface area contributed by atoms with E-state index in [-0.39, 0.29) is 49.7 Å². The molecule has 1 rings (SSSR count). The quantitative estimate of drug-likeness (QED) is 0.306. The Labute approximate surface area is 99.3 Å². The fourth-order valence-electron chi connectivity index (χ4n) is 0.673. The second-order valence-electron chi connectivity index (χ2n) is 2.00. The largest absolute Gasteiger partial charge is 1.00 e. The molecule has 60 valence electrons. The SMILES string of the molecule is FC(F)(F)[CH-]c1[c-]cccc1.[Li+].[Li+]. The molecular formula is C8H5F3Li2. The van der Waals surface area contributed by atoms with Gasteiger partial charge in [-0.15, -0.1) is 6.07 Å². The topological polar surface area (TPSA) is 0 Å². The van der Waals surface area contributed by atoms with Crippen LogP contribution in [0.2, 0.25) is 0 Å². The van der Waals surface area contributed by atoms with Gasteiger partial charge < -0.3 is 11.6 Å². The average Bonchev–Trinajstić information content (AvgIpc) is 1.85. The van der Waals surface area contributed by atoms with Gasteiger partial charge in [0, 0.05) is 0 Å². The van der Waals surface area contributed by atoms with E-state index in [0.717, 1.165) is 0 Å². The summed E-state index contributed by atoms with van der Waals surface area (Å²) in [6, 6.07) is 8.40. The molecule has 0 aromatic heterocycles. The zero-order valence-corrected chi connectivity index (χ0v) is 7.52. The minimum absolute atomic E-state index is 0. The number of halogens is 3. The van der Waals surface area contributed by atoms with E-state index < -0.39 is 6.18 Å². The van der Waals surface area contributed by atoms with E-state index in [1.54, 1.807) is 6.07 Å². The van der Waals surface area contributed by atoms with Crippen molar-refractivity contribution in [2.24, 2.45) is 0 Å². The molecule has 1 aromatic rings.